The van der Waals surface area contributed by atoms with Gasteiger partial charge >= 0.3 is 0 Å². The third-order valence-electron chi connectivity index (χ3n) is 3.84. The van der Waals surface area contributed by atoms with Crippen LogP contribution in [-0.4, -0.2) is 27.3 Å². The van der Waals surface area contributed by atoms with Crippen molar-refractivity contribution in [3.63, 3.8) is 0 Å². The molecule has 0 radical (unpaired) electrons. The van der Waals surface area contributed by atoms with E-state index in [-0.39, 0.29) is 6.04 Å². The van der Waals surface area contributed by atoms with Gasteiger partial charge in [0.15, 0.2) is 5.82 Å². The Morgan fingerprint density at radius 1 is 1.24 bits per heavy atom. The zero-order valence-electron chi connectivity index (χ0n) is 11.2. The van der Waals surface area contributed by atoms with Crippen molar-refractivity contribution in [1.82, 2.24) is 25.5 Å². The Balaban J connectivity index is 2.18. The van der Waals surface area contributed by atoms with Crippen molar-refractivity contribution in [1.29, 1.82) is 0 Å². The van der Waals surface area contributed by atoms with E-state index in [1.807, 2.05) is 11.7 Å². The van der Waals surface area contributed by atoms with Gasteiger partial charge in [-0.2, -0.15) is 0 Å². The van der Waals surface area contributed by atoms with Gasteiger partial charge in [-0.1, -0.05) is 13.8 Å². The molecular formula is C12H23N5. The van der Waals surface area contributed by atoms with Gasteiger partial charge in [-0.05, 0) is 55.5 Å². The minimum Gasteiger partial charge on any atom is -0.311 e. The summed E-state index contributed by atoms with van der Waals surface area (Å²) in [6.45, 7) is 6.75. The smallest absolute Gasteiger partial charge is 0.168 e. The Bertz CT molecular complexity index is 352. The van der Waals surface area contributed by atoms with E-state index in [0.29, 0.717) is 6.04 Å². The maximum atomic E-state index is 4.19. The molecule has 5 nitrogen and oxygen atoms in total. The van der Waals surface area contributed by atoms with Crippen LogP contribution in [0.15, 0.2) is 0 Å². The van der Waals surface area contributed by atoms with Gasteiger partial charge in [-0.25, -0.2) is 4.68 Å². The lowest BCUT2D eigenvalue weighted by molar-refractivity contribution is 0.202. The van der Waals surface area contributed by atoms with Gasteiger partial charge in [0.25, 0.3) is 0 Å². The minimum atomic E-state index is 0.206. The molecule has 1 aromatic heterocycles. The standard InChI is InChI=1S/C12H23N5/c1-8-5-9(2)7-11(6-8)17-12(10(3)13-4)14-15-16-17/h8-11,13H,5-7H2,1-4H3. The molecule has 1 N–H and O–H groups in total. The average Bonchev–Trinajstić information content (AvgIpc) is 2.75. The van der Waals surface area contributed by atoms with E-state index >= 15 is 0 Å². The molecule has 5 heteroatoms. The average molecular weight is 237 g/mol. The normalized spacial score (nSPS) is 31.4. The van der Waals surface area contributed by atoms with Gasteiger partial charge in [-0.15, -0.1) is 5.10 Å². The first kappa shape index (κ1) is 12.5. The highest BCUT2D eigenvalue weighted by Crippen LogP contribution is 2.36. The molecule has 0 aromatic carbocycles. The molecule has 17 heavy (non-hydrogen) atoms. The number of nitrogens with one attached hydrogen (secondary N) is 1. The Hall–Kier alpha value is -0.970. The number of tetrazole rings is 1. The number of rotatable bonds is 3. The molecule has 1 aliphatic carbocycles. The first-order valence-corrected chi connectivity index (χ1v) is 6.56. The van der Waals surface area contributed by atoms with E-state index in [1.165, 1.54) is 19.3 Å². The third-order valence-corrected chi connectivity index (χ3v) is 3.84. The summed E-state index contributed by atoms with van der Waals surface area (Å²) in [6.07, 6.45) is 3.72. The van der Waals surface area contributed by atoms with Crippen molar-refractivity contribution in [2.24, 2.45) is 11.8 Å². The molecule has 1 saturated carbocycles. The van der Waals surface area contributed by atoms with Crippen LogP contribution in [0.2, 0.25) is 0 Å². The lowest BCUT2D eigenvalue weighted by Gasteiger charge is -2.32. The summed E-state index contributed by atoms with van der Waals surface area (Å²) in [6, 6.07) is 0.673. The second kappa shape index (κ2) is 5.12. The molecule has 1 fully saturated rings. The van der Waals surface area contributed by atoms with Crippen LogP contribution in [-0.2, 0) is 0 Å². The molecule has 1 heterocycles. The van der Waals surface area contributed by atoms with Crippen LogP contribution in [0.3, 0.4) is 0 Å². The van der Waals surface area contributed by atoms with Gasteiger partial charge in [0, 0.05) is 0 Å². The molecule has 3 unspecified atom stereocenters. The predicted octanol–water partition coefficient (Wildman–Crippen LogP) is 1.95. The van der Waals surface area contributed by atoms with Gasteiger partial charge in [0.2, 0.25) is 0 Å². The highest BCUT2D eigenvalue weighted by atomic mass is 15.6. The topological polar surface area (TPSA) is 55.6 Å². The first-order chi connectivity index (χ1) is 8.11. The van der Waals surface area contributed by atoms with Crippen molar-refractivity contribution >= 4 is 0 Å². The monoisotopic (exact) mass is 237 g/mol. The summed E-state index contributed by atoms with van der Waals surface area (Å²) in [7, 11) is 1.94. The van der Waals surface area contributed by atoms with Crippen LogP contribution in [0.4, 0.5) is 0 Å². The van der Waals surface area contributed by atoms with Crippen LogP contribution in [0.1, 0.15) is 57.9 Å². The number of aromatic nitrogens is 4. The largest absolute Gasteiger partial charge is 0.311 e. The van der Waals surface area contributed by atoms with E-state index < -0.39 is 0 Å². The fourth-order valence-corrected chi connectivity index (χ4v) is 2.98. The molecule has 2 rings (SSSR count). The van der Waals surface area contributed by atoms with Crippen molar-refractivity contribution in [2.45, 2.75) is 52.1 Å². The predicted molar refractivity (Wildman–Crippen MR) is 66.5 cm³/mol. The summed E-state index contributed by atoms with van der Waals surface area (Å²) in [5.74, 6) is 2.50. The van der Waals surface area contributed by atoms with E-state index in [2.05, 4.69) is 41.6 Å². The Morgan fingerprint density at radius 2 is 1.88 bits per heavy atom. The van der Waals surface area contributed by atoms with E-state index in [1.54, 1.807) is 0 Å². The lowest BCUT2D eigenvalue weighted by Crippen LogP contribution is -2.27. The minimum absolute atomic E-state index is 0.206. The van der Waals surface area contributed by atoms with Crippen molar-refractivity contribution in [2.75, 3.05) is 7.05 Å². The van der Waals surface area contributed by atoms with Crippen LogP contribution in [0.25, 0.3) is 0 Å². The molecular weight excluding hydrogens is 214 g/mol. The quantitative estimate of drug-likeness (QED) is 0.873. The fourth-order valence-electron chi connectivity index (χ4n) is 2.98. The Kier molecular flexibility index (Phi) is 3.76. The fraction of sp³-hybridized carbons (Fsp3) is 0.917. The van der Waals surface area contributed by atoms with Crippen LogP contribution < -0.4 is 5.32 Å². The maximum absolute atomic E-state index is 4.19. The van der Waals surface area contributed by atoms with Crippen LogP contribution in [0, 0.1) is 11.8 Å². The molecule has 0 spiro atoms. The second-order valence-corrected chi connectivity index (χ2v) is 5.56. The second-order valence-electron chi connectivity index (χ2n) is 5.56. The van der Waals surface area contributed by atoms with E-state index in [9.17, 15) is 0 Å². The third kappa shape index (κ3) is 2.65. The molecule has 0 amide bonds. The molecule has 0 saturated heterocycles. The summed E-state index contributed by atoms with van der Waals surface area (Å²) in [5.41, 5.74) is 0. The molecule has 1 aliphatic rings. The van der Waals surface area contributed by atoms with Gasteiger partial charge in [0.1, 0.15) is 0 Å². The number of nitrogens with zero attached hydrogens (tertiary/aromatic N) is 4. The van der Waals surface area contributed by atoms with Gasteiger partial charge in [0.05, 0.1) is 12.1 Å². The summed E-state index contributed by atoms with van der Waals surface area (Å²) in [5, 5.41) is 15.4. The van der Waals surface area contributed by atoms with Crippen molar-refractivity contribution in [3.8, 4) is 0 Å². The maximum Gasteiger partial charge on any atom is 0.168 e. The summed E-state index contributed by atoms with van der Waals surface area (Å²) < 4.78 is 2.04. The van der Waals surface area contributed by atoms with Gasteiger partial charge < -0.3 is 5.32 Å². The Labute approximate surface area is 103 Å². The molecule has 0 bridgehead atoms. The molecule has 96 valence electrons. The zero-order valence-corrected chi connectivity index (χ0v) is 11.2. The van der Waals surface area contributed by atoms with Crippen molar-refractivity contribution < 1.29 is 0 Å². The first-order valence-electron chi connectivity index (χ1n) is 6.56. The van der Waals surface area contributed by atoms with Crippen LogP contribution >= 0.6 is 0 Å². The highest BCUT2D eigenvalue weighted by Gasteiger charge is 2.28. The number of hydrogen-bond donors (Lipinski definition) is 1. The SMILES string of the molecule is CNC(C)c1nnnn1C1CC(C)CC(C)C1. The van der Waals surface area contributed by atoms with E-state index in [0.717, 1.165) is 17.7 Å². The highest BCUT2D eigenvalue weighted by molar-refractivity contribution is 4.93. The zero-order chi connectivity index (χ0) is 12.4. The lowest BCUT2D eigenvalue weighted by atomic mass is 9.80. The number of hydrogen-bond acceptors (Lipinski definition) is 4. The van der Waals surface area contributed by atoms with Gasteiger partial charge in [-0.3, -0.25) is 0 Å². The Morgan fingerprint density at radius 3 is 2.47 bits per heavy atom. The van der Waals surface area contributed by atoms with Crippen molar-refractivity contribution in [3.05, 3.63) is 5.82 Å². The van der Waals surface area contributed by atoms with E-state index in [4.69, 9.17) is 0 Å². The molecule has 1 aromatic rings. The van der Waals surface area contributed by atoms with Crippen LogP contribution in [0.5, 0.6) is 0 Å². The molecule has 0 aliphatic heterocycles. The summed E-state index contributed by atoms with van der Waals surface area (Å²) in [4.78, 5) is 0. The summed E-state index contributed by atoms with van der Waals surface area (Å²) >= 11 is 0. The molecule has 3 atom stereocenters.